The van der Waals surface area contributed by atoms with Crippen molar-refractivity contribution in [1.82, 2.24) is 5.32 Å². The van der Waals surface area contributed by atoms with Gasteiger partial charge in [0.05, 0.1) is 48.1 Å². The van der Waals surface area contributed by atoms with E-state index >= 15 is 0 Å². The predicted octanol–water partition coefficient (Wildman–Crippen LogP) is 5.03. The summed E-state index contributed by atoms with van der Waals surface area (Å²) in [4.78, 5) is 15.3. The quantitative estimate of drug-likeness (QED) is 0.293. The van der Waals surface area contributed by atoms with E-state index in [0.717, 1.165) is 17.8 Å². The fraction of sp³-hybridized carbons (Fsp3) is 0.387. The Bertz CT molecular complexity index is 1460. The monoisotopic (exact) mass is 620 g/mol. The number of benzene rings is 3. The van der Waals surface area contributed by atoms with Crippen molar-refractivity contribution in [3.8, 4) is 5.75 Å². The number of alkyl halides is 3. The van der Waals surface area contributed by atoms with E-state index in [0.29, 0.717) is 43.1 Å². The largest absolute Gasteiger partial charge is 0.489 e. The van der Waals surface area contributed by atoms with E-state index in [4.69, 9.17) is 9.47 Å². The van der Waals surface area contributed by atoms with Gasteiger partial charge in [-0.25, -0.2) is 8.42 Å². The third kappa shape index (κ3) is 8.07. The van der Waals surface area contributed by atoms with Crippen LogP contribution in [0.1, 0.15) is 47.8 Å². The number of aliphatic hydroxyl groups excluding tert-OH is 1. The number of ether oxygens (including phenoxy) is 2. The number of carbonyl (C=O) groups is 1. The SMILES string of the molecule is CCOC[C@@H]1C[C@H](Oc2ccc(C(F)(F)F)cc2)CN1c1ccc(C(=O)NC(CO)c2ccc(S(=O)(=O)CC)cc2)cc1. The average Bonchev–Trinajstić information content (AvgIpc) is 3.40. The maximum atomic E-state index is 13.0. The van der Waals surface area contributed by atoms with Crippen LogP contribution in [0.2, 0.25) is 0 Å². The predicted molar refractivity (Wildman–Crippen MR) is 156 cm³/mol. The summed E-state index contributed by atoms with van der Waals surface area (Å²) in [6.07, 6.45) is -4.10. The van der Waals surface area contributed by atoms with Crippen molar-refractivity contribution in [1.29, 1.82) is 0 Å². The molecular weight excluding hydrogens is 585 g/mol. The van der Waals surface area contributed by atoms with Gasteiger partial charge in [-0.15, -0.1) is 0 Å². The molecule has 43 heavy (non-hydrogen) atoms. The lowest BCUT2D eigenvalue weighted by molar-refractivity contribution is -0.137. The van der Waals surface area contributed by atoms with E-state index in [-0.39, 0.29) is 29.4 Å². The van der Waals surface area contributed by atoms with Crippen LogP contribution < -0.4 is 15.0 Å². The van der Waals surface area contributed by atoms with Crippen LogP contribution in [-0.4, -0.2) is 63.7 Å². The van der Waals surface area contributed by atoms with Gasteiger partial charge in [-0.3, -0.25) is 4.79 Å². The van der Waals surface area contributed by atoms with E-state index in [2.05, 4.69) is 10.2 Å². The Morgan fingerprint density at radius 3 is 2.23 bits per heavy atom. The Morgan fingerprint density at radius 1 is 1.02 bits per heavy atom. The van der Waals surface area contributed by atoms with Gasteiger partial charge < -0.3 is 24.8 Å². The molecule has 4 rings (SSSR count). The summed E-state index contributed by atoms with van der Waals surface area (Å²) >= 11 is 0. The van der Waals surface area contributed by atoms with Crippen LogP contribution in [0.15, 0.2) is 77.7 Å². The number of hydrogen-bond donors (Lipinski definition) is 2. The van der Waals surface area contributed by atoms with Crippen molar-refractivity contribution < 1.29 is 41.0 Å². The summed E-state index contributed by atoms with van der Waals surface area (Å²) in [5.41, 5.74) is 1.02. The number of hydrogen-bond acceptors (Lipinski definition) is 7. The maximum absolute atomic E-state index is 13.0. The second-order valence-electron chi connectivity index (χ2n) is 10.2. The van der Waals surface area contributed by atoms with Crippen LogP contribution in [-0.2, 0) is 20.8 Å². The molecule has 3 aromatic carbocycles. The highest BCUT2D eigenvalue weighted by Gasteiger charge is 2.34. The minimum Gasteiger partial charge on any atom is -0.489 e. The molecule has 1 saturated heterocycles. The second-order valence-corrected chi connectivity index (χ2v) is 12.5. The molecule has 0 saturated carbocycles. The lowest BCUT2D eigenvalue weighted by Crippen LogP contribution is -2.34. The van der Waals surface area contributed by atoms with Crippen LogP contribution in [0.3, 0.4) is 0 Å². The first-order valence-electron chi connectivity index (χ1n) is 14.0. The third-order valence-corrected chi connectivity index (χ3v) is 9.10. The number of halogens is 3. The van der Waals surface area contributed by atoms with Crippen molar-refractivity contribution in [2.24, 2.45) is 0 Å². The fourth-order valence-electron chi connectivity index (χ4n) is 4.96. The molecule has 0 bridgehead atoms. The van der Waals surface area contributed by atoms with E-state index in [9.17, 15) is 31.5 Å². The third-order valence-electron chi connectivity index (χ3n) is 7.35. The summed E-state index contributed by atoms with van der Waals surface area (Å²) in [6.45, 7) is 4.50. The first kappa shape index (κ1) is 32.3. The van der Waals surface area contributed by atoms with Gasteiger partial charge in [0, 0.05) is 24.3 Å². The van der Waals surface area contributed by atoms with Crippen LogP contribution >= 0.6 is 0 Å². The van der Waals surface area contributed by atoms with Gasteiger partial charge >= 0.3 is 6.18 Å². The number of sulfone groups is 1. The van der Waals surface area contributed by atoms with Gasteiger partial charge in [0.2, 0.25) is 0 Å². The summed E-state index contributed by atoms with van der Waals surface area (Å²) in [6, 6.07) is 16.8. The zero-order valence-electron chi connectivity index (χ0n) is 23.9. The standard InChI is InChI=1S/C31H35F3N2O6S/c1-3-41-20-25-17-27(42-26-13-9-23(10-14-26)31(32,33)34)18-36(25)24-11-5-22(6-12-24)30(38)35-29(19-37)21-7-15-28(16-8-21)43(39,40)4-2/h5-16,25,27,29,37H,3-4,17-20H2,1-2H3,(H,35,38)/t25-,27-,29?/m0/s1. The molecule has 232 valence electrons. The van der Waals surface area contributed by atoms with Gasteiger partial charge in [-0.2, -0.15) is 13.2 Å². The summed E-state index contributed by atoms with van der Waals surface area (Å²) in [5, 5.41) is 12.7. The lowest BCUT2D eigenvalue weighted by atomic mass is 10.1. The summed E-state index contributed by atoms with van der Waals surface area (Å²) < 4.78 is 74.6. The van der Waals surface area contributed by atoms with Gasteiger partial charge in [-0.1, -0.05) is 19.1 Å². The van der Waals surface area contributed by atoms with Crippen LogP contribution in [0.4, 0.5) is 18.9 Å². The molecule has 0 aliphatic carbocycles. The smallest absolute Gasteiger partial charge is 0.416 e. The van der Waals surface area contributed by atoms with Crippen LogP contribution in [0.25, 0.3) is 0 Å². The average molecular weight is 621 g/mol. The molecule has 2 N–H and O–H groups in total. The molecule has 1 aliphatic rings. The highest BCUT2D eigenvalue weighted by molar-refractivity contribution is 7.91. The van der Waals surface area contributed by atoms with Gasteiger partial charge in [0.1, 0.15) is 11.9 Å². The zero-order valence-corrected chi connectivity index (χ0v) is 24.7. The number of aliphatic hydroxyl groups is 1. The minimum atomic E-state index is -4.42. The molecule has 0 spiro atoms. The first-order chi connectivity index (χ1) is 20.4. The molecule has 1 amide bonds. The Kier molecular flexibility index (Phi) is 10.4. The normalized spacial score (nSPS) is 18.0. The molecule has 8 nitrogen and oxygen atoms in total. The molecule has 1 fully saturated rings. The molecular formula is C31H35F3N2O6S. The Labute approximate surface area is 249 Å². The van der Waals surface area contributed by atoms with E-state index in [1.54, 1.807) is 43.3 Å². The zero-order chi connectivity index (χ0) is 31.2. The molecule has 0 aromatic heterocycles. The van der Waals surface area contributed by atoms with Gasteiger partial charge in [0.15, 0.2) is 9.84 Å². The van der Waals surface area contributed by atoms with Crippen molar-refractivity contribution in [2.45, 2.75) is 49.5 Å². The van der Waals surface area contributed by atoms with E-state index in [1.165, 1.54) is 24.3 Å². The number of nitrogens with zero attached hydrogens (tertiary/aromatic N) is 1. The van der Waals surface area contributed by atoms with Crippen LogP contribution in [0, 0.1) is 0 Å². The highest BCUT2D eigenvalue weighted by atomic mass is 32.2. The Hall–Kier alpha value is -3.61. The molecule has 1 unspecified atom stereocenters. The van der Waals surface area contributed by atoms with Crippen molar-refractivity contribution in [3.63, 3.8) is 0 Å². The second kappa shape index (κ2) is 13.8. The van der Waals surface area contributed by atoms with Crippen molar-refractivity contribution in [2.75, 3.05) is 37.0 Å². The molecule has 12 heteroatoms. The van der Waals surface area contributed by atoms with E-state index < -0.39 is 33.5 Å². The molecule has 1 heterocycles. The van der Waals surface area contributed by atoms with Gasteiger partial charge in [0.25, 0.3) is 5.91 Å². The van der Waals surface area contributed by atoms with E-state index in [1.807, 2.05) is 6.92 Å². The number of amides is 1. The Morgan fingerprint density at radius 2 is 1.67 bits per heavy atom. The van der Waals surface area contributed by atoms with Gasteiger partial charge in [-0.05, 0) is 73.2 Å². The summed E-state index contributed by atoms with van der Waals surface area (Å²) in [7, 11) is -3.37. The molecule has 3 atom stereocenters. The number of rotatable bonds is 12. The number of anilines is 1. The Balaban J connectivity index is 1.42. The maximum Gasteiger partial charge on any atom is 0.416 e. The highest BCUT2D eigenvalue weighted by Crippen LogP contribution is 2.32. The van der Waals surface area contributed by atoms with Crippen LogP contribution in [0.5, 0.6) is 5.75 Å². The molecule has 0 radical (unpaired) electrons. The lowest BCUT2D eigenvalue weighted by Gasteiger charge is -2.26. The van der Waals surface area contributed by atoms with Crippen molar-refractivity contribution >= 4 is 21.4 Å². The molecule has 3 aromatic rings. The fourth-order valence-corrected chi connectivity index (χ4v) is 5.84. The molecule has 1 aliphatic heterocycles. The van der Waals surface area contributed by atoms with Crippen molar-refractivity contribution in [3.05, 3.63) is 89.5 Å². The topological polar surface area (TPSA) is 105 Å². The summed E-state index contributed by atoms with van der Waals surface area (Å²) in [5.74, 6) is -0.0900. The number of carbonyl (C=O) groups excluding carboxylic acids is 1. The number of nitrogens with one attached hydrogen (secondary N) is 1. The minimum absolute atomic E-state index is 0.0286. The first-order valence-corrected chi connectivity index (χ1v) is 15.6.